The Morgan fingerprint density at radius 2 is 1.94 bits per heavy atom. The number of amides is 1. The molecule has 3 aromatic rings. The average Bonchev–Trinajstić information content (AvgIpc) is 3.73. The van der Waals surface area contributed by atoms with Gasteiger partial charge in [0.05, 0.1) is 0 Å². The van der Waals surface area contributed by atoms with Crippen LogP contribution in [0.3, 0.4) is 0 Å². The summed E-state index contributed by atoms with van der Waals surface area (Å²) >= 11 is 0. The van der Waals surface area contributed by atoms with Gasteiger partial charge in [-0.05, 0) is 102 Å². The Kier molecular flexibility index (Phi) is 6.17. The van der Waals surface area contributed by atoms with E-state index in [0.29, 0.717) is 18.5 Å². The quantitative estimate of drug-likeness (QED) is 0.476. The number of carbonyl (C=O) groups excluding carboxylic acids is 1. The molecule has 0 spiro atoms. The van der Waals surface area contributed by atoms with Crippen molar-refractivity contribution in [2.24, 2.45) is 11.8 Å². The molecule has 0 radical (unpaired) electrons. The van der Waals surface area contributed by atoms with Crippen molar-refractivity contribution in [3.63, 3.8) is 0 Å². The first-order chi connectivity index (χ1) is 17.5. The van der Waals surface area contributed by atoms with Crippen LogP contribution in [0.2, 0.25) is 0 Å². The molecule has 2 aromatic carbocycles. The summed E-state index contributed by atoms with van der Waals surface area (Å²) in [7, 11) is 0. The van der Waals surface area contributed by atoms with Crippen LogP contribution in [-0.4, -0.2) is 41.5 Å². The van der Waals surface area contributed by atoms with Crippen molar-refractivity contribution in [3.05, 3.63) is 89.2 Å². The molecular weight excluding hydrogens is 442 g/mol. The van der Waals surface area contributed by atoms with Crippen molar-refractivity contribution in [2.45, 2.75) is 57.4 Å². The van der Waals surface area contributed by atoms with E-state index in [0.717, 1.165) is 35.4 Å². The Hall–Kier alpha value is -2.98. The number of carbonyl (C=O) groups is 1. The minimum absolute atomic E-state index is 0.0364. The molecule has 2 heterocycles. The highest BCUT2D eigenvalue weighted by Gasteiger charge is 2.49. The molecule has 36 heavy (non-hydrogen) atoms. The third-order valence-electron chi connectivity index (χ3n) is 9.22. The zero-order chi connectivity index (χ0) is 24.7. The largest absolute Gasteiger partial charge is 0.352 e. The molecule has 4 heteroatoms. The van der Waals surface area contributed by atoms with Crippen molar-refractivity contribution in [1.29, 1.82) is 0 Å². The molecule has 4 nitrogen and oxygen atoms in total. The average molecular weight is 480 g/mol. The zero-order valence-corrected chi connectivity index (χ0v) is 21.5. The van der Waals surface area contributed by atoms with Crippen molar-refractivity contribution >= 4 is 5.91 Å². The number of nitrogens with one attached hydrogen (secondary N) is 1. The number of likely N-dealkylation sites (tertiary alicyclic amines) is 1. The number of nitrogens with zero attached hydrogens (tertiary/aromatic N) is 2. The Morgan fingerprint density at radius 3 is 2.69 bits per heavy atom. The molecule has 186 valence electrons. The summed E-state index contributed by atoms with van der Waals surface area (Å²) in [5.74, 6) is 1.59. The Balaban J connectivity index is 1.10. The van der Waals surface area contributed by atoms with Gasteiger partial charge in [-0.3, -0.25) is 14.7 Å². The van der Waals surface area contributed by atoms with Crippen LogP contribution in [0.25, 0.3) is 11.1 Å². The minimum Gasteiger partial charge on any atom is -0.352 e. The van der Waals surface area contributed by atoms with Crippen molar-refractivity contribution < 1.29 is 4.79 Å². The second kappa shape index (κ2) is 9.48. The van der Waals surface area contributed by atoms with Gasteiger partial charge in [0, 0.05) is 37.1 Å². The fraction of sp³-hybridized carbons (Fsp3) is 0.438. The summed E-state index contributed by atoms with van der Waals surface area (Å²) in [6.07, 6.45) is 9.63. The standard InChI is InChI=1S/C32H37N3O/c1-22-30-19-26-11-12-27(18-29(26)32(22,2)14-17-35(30)21-24-5-6-24)31(36)34-16-13-23-7-9-25(10-8-23)28-4-3-15-33-20-28/h3-4,7-12,15,18,20,22,24,30H,5-6,13-14,16-17,19,21H2,1-2H3,(H,34,36)/t22-,30?,32-/m0/s1. The topological polar surface area (TPSA) is 45.2 Å². The van der Waals surface area contributed by atoms with Gasteiger partial charge in [-0.15, -0.1) is 0 Å². The van der Waals surface area contributed by atoms with Gasteiger partial charge in [-0.2, -0.15) is 0 Å². The van der Waals surface area contributed by atoms with Gasteiger partial charge in [0.15, 0.2) is 0 Å². The summed E-state index contributed by atoms with van der Waals surface area (Å²) in [6.45, 7) is 7.99. The fourth-order valence-electron chi connectivity index (χ4n) is 6.53. The molecule has 2 aliphatic carbocycles. The predicted molar refractivity (Wildman–Crippen MR) is 145 cm³/mol. The maximum Gasteiger partial charge on any atom is 0.251 e. The summed E-state index contributed by atoms with van der Waals surface area (Å²) in [4.78, 5) is 20.0. The SMILES string of the molecule is C[C@H]1C2Cc3ccc(C(=O)NCCc4ccc(-c5cccnc5)cc4)cc3[C@@]1(C)CCN2CC1CC1. The molecular formula is C32H37N3O. The van der Waals surface area contributed by atoms with Crippen LogP contribution in [0.4, 0.5) is 0 Å². The van der Waals surface area contributed by atoms with Crippen molar-refractivity contribution in [1.82, 2.24) is 15.2 Å². The number of benzene rings is 2. The van der Waals surface area contributed by atoms with Gasteiger partial charge in [-0.25, -0.2) is 0 Å². The lowest BCUT2D eigenvalue weighted by atomic mass is 9.59. The van der Waals surface area contributed by atoms with Gasteiger partial charge in [0.25, 0.3) is 5.91 Å². The Morgan fingerprint density at radius 1 is 1.11 bits per heavy atom. The highest BCUT2D eigenvalue weighted by atomic mass is 16.1. The summed E-state index contributed by atoms with van der Waals surface area (Å²) < 4.78 is 0. The highest BCUT2D eigenvalue weighted by molar-refractivity contribution is 5.94. The molecule has 1 aromatic heterocycles. The molecule has 6 rings (SSSR count). The maximum atomic E-state index is 13.1. The van der Waals surface area contributed by atoms with Gasteiger partial charge < -0.3 is 5.32 Å². The predicted octanol–water partition coefficient (Wildman–Crippen LogP) is 5.66. The van der Waals surface area contributed by atoms with Gasteiger partial charge in [0.2, 0.25) is 0 Å². The smallest absolute Gasteiger partial charge is 0.251 e. The van der Waals surface area contributed by atoms with Crippen LogP contribution in [0, 0.1) is 11.8 Å². The summed E-state index contributed by atoms with van der Waals surface area (Å²) in [5.41, 5.74) is 7.32. The van der Waals surface area contributed by atoms with Crippen LogP contribution in [-0.2, 0) is 18.3 Å². The number of hydrogen-bond acceptors (Lipinski definition) is 3. The highest BCUT2D eigenvalue weighted by Crippen LogP contribution is 2.49. The minimum atomic E-state index is 0.0364. The molecule has 1 saturated heterocycles. The molecule has 1 aliphatic heterocycles. The van der Waals surface area contributed by atoms with Crippen LogP contribution in [0.1, 0.15) is 60.2 Å². The zero-order valence-electron chi connectivity index (χ0n) is 21.5. The second-order valence-corrected chi connectivity index (χ2v) is 11.5. The van der Waals surface area contributed by atoms with Crippen LogP contribution < -0.4 is 5.32 Å². The van der Waals surface area contributed by atoms with E-state index < -0.39 is 0 Å². The third-order valence-corrected chi connectivity index (χ3v) is 9.22. The van der Waals surface area contributed by atoms with Crippen LogP contribution in [0.5, 0.6) is 0 Å². The number of pyridine rings is 1. The summed E-state index contributed by atoms with van der Waals surface area (Å²) in [5, 5.41) is 3.16. The van der Waals surface area contributed by atoms with Crippen LogP contribution in [0.15, 0.2) is 67.0 Å². The normalized spacial score (nSPS) is 25.3. The van der Waals surface area contributed by atoms with Crippen molar-refractivity contribution in [2.75, 3.05) is 19.6 Å². The van der Waals surface area contributed by atoms with E-state index in [2.05, 4.69) is 71.5 Å². The number of rotatable bonds is 7. The van der Waals surface area contributed by atoms with E-state index in [9.17, 15) is 4.79 Å². The fourth-order valence-corrected chi connectivity index (χ4v) is 6.53. The first-order valence-corrected chi connectivity index (χ1v) is 13.7. The molecule has 1 unspecified atom stereocenters. The lowest BCUT2D eigenvalue weighted by molar-refractivity contribution is 0.0284. The lowest BCUT2D eigenvalue weighted by Crippen LogP contribution is -2.58. The molecule has 2 fully saturated rings. The number of aromatic nitrogens is 1. The third kappa shape index (κ3) is 4.48. The van der Waals surface area contributed by atoms with E-state index in [1.165, 1.54) is 49.0 Å². The van der Waals surface area contributed by atoms with Crippen LogP contribution >= 0.6 is 0 Å². The number of hydrogen-bond donors (Lipinski definition) is 1. The lowest BCUT2D eigenvalue weighted by Gasteiger charge is -2.55. The van der Waals surface area contributed by atoms with Gasteiger partial charge >= 0.3 is 0 Å². The van der Waals surface area contributed by atoms with E-state index in [-0.39, 0.29) is 11.3 Å². The molecule has 1 amide bonds. The molecule has 3 aliphatic rings. The number of fused-ring (bicyclic) bond motifs is 4. The van der Waals surface area contributed by atoms with E-state index >= 15 is 0 Å². The van der Waals surface area contributed by atoms with E-state index in [4.69, 9.17) is 0 Å². The Labute approximate surface area is 215 Å². The monoisotopic (exact) mass is 479 g/mol. The van der Waals surface area contributed by atoms with E-state index in [1.54, 1.807) is 6.20 Å². The maximum absolute atomic E-state index is 13.1. The van der Waals surface area contributed by atoms with E-state index in [1.807, 2.05) is 18.3 Å². The van der Waals surface area contributed by atoms with Gasteiger partial charge in [0.1, 0.15) is 0 Å². The number of piperidine rings is 1. The van der Waals surface area contributed by atoms with Crippen molar-refractivity contribution in [3.8, 4) is 11.1 Å². The second-order valence-electron chi connectivity index (χ2n) is 11.5. The first-order valence-electron chi connectivity index (χ1n) is 13.7. The van der Waals surface area contributed by atoms with Gasteiger partial charge in [-0.1, -0.05) is 50.2 Å². The molecule has 3 atom stereocenters. The Bertz CT molecular complexity index is 1230. The molecule has 1 N–H and O–H groups in total. The first kappa shape index (κ1) is 23.4. The summed E-state index contributed by atoms with van der Waals surface area (Å²) in [6, 6.07) is 19.7. The molecule has 2 bridgehead atoms. The molecule has 1 saturated carbocycles.